The third-order valence-corrected chi connectivity index (χ3v) is 3.78. The molecule has 2 heteroatoms. The van der Waals surface area contributed by atoms with E-state index in [1.807, 2.05) is 12.1 Å². The normalized spacial score (nSPS) is 25.4. The third-order valence-electron chi connectivity index (χ3n) is 3.42. The number of hydrogen-bond donors (Lipinski definition) is 1. The van der Waals surface area contributed by atoms with Crippen molar-refractivity contribution in [2.45, 2.75) is 38.6 Å². The summed E-state index contributed by atoms with van der Waals surface area (Å²) in [5.41, 5.74) is 8.89. The Morgan fingerprint density at radius 1 is 1.40 bits per heavy atom. The van der Waals surface area contributed by atoms with Gasteiger partial charge < -0.3 is 5.73 Å². The van der Waals surface area contributed by atoms with Crippen LogP contribution in [0.2, 0.25) is 5.02 Å². The standard InChI is InChI=1S/C13H18ClN/c1-8(2)13-10-4-3-5-11(14)9(10)6-7-12(13)15/h3-5,8,12-13H,6-7,15H2,1-2H3. The predicted molar refractivity (Wildman–Crippen MR) is 65.3 cm³/mol. The molecule has 0 spiro atoms. The first-order valence-electron chi connectivity index (χ1n) is 5.64. The highest BCUT2D eigenvalue weighted by Gasteiger charge is 2.29. The second-order valence-electron chi connectivity index (χ2n) is 4.78. The van der Waals surface area contributed by atoms with Crippen molar-refractivity contribution >= 4 is 11.6 Å². The van der Waals surface area contributed by atoms with Gasteiger partial charge >= 0.3 is 0 Å². The topological polar surface area (TPSA) is 26.0 Å². The van der Waals surface area contributed by atoms with Gasteiger partial charge in [-0.3, -0.25) is 0 Å². The Labute approximate surface area is 96.6 Å². The van der Waals surface area contributed by atoms with Crippen molar-refractivity contribution in [3.05, 3.63) is 34.3 Å². The minimum Gasteiger partial charge on any atom is -0.327 e. The molecule has 1 nitrogen and oxygen atoms in total. The fourth-order valence-electron chi connectivity index (χ4n) is 2.73. The van der Waals surface area contributed by atoms with Crippen LogP contribution in [0.5, 0.6) is 0 Å². The zero-order chi connectivity index (χ0) is 11.0. The smallest absolute Gasteiger partial charge is 0.0440 e. The van der Waals surface area contributed by atoms with Gasteiger partial charge in [0.1, 0.15) is 0 Å². The summed E-state index contributed by atoms with van der Waals surface area (Å²) in [6.45, 7) is 4.47. The molecule has 2 atom stereocenters. The second kappa shape index (κ2) is 4.15. The number of halogens is 1. The van der Waals surface area contributed by atoms with Crippen molar-refractivity contribution in [2.75, 3.05) is 0 Å². The minimum absolute atomic E-state index is 0.288. The molecule has 1 aromatic carbocycles. The van der Waals surface area contributed by atoms with Gasteiger partial charge in [0.25, 0.3) is 0 Å². The average molecular weight is 224 g/mol. The zero-order valence-corrected chi connectivity index (χ0v) is 10.1. The van der Waals surface area contributed by atoms with E-state index in [2.05, 4.69) is 19.9 Å². The van der Waals surface area contributed by atoms with E-state index < -0.39 is 0 Å². The van der Waals surface area contributed by atoms with E-state index >= 15 is 0 Å². The lowest BCUT2D eigenvalue weighted by molar-refractivity contribution is 0.379. The van der Waals surface area contributed by atoms with Crippen LogP contribution >= 0.6 is 11.6 Å². The summed E-state index contributed by atoms with van der Waals surface area (Å²) < 4.78 is 0. The van der Waals surface area contributed by atoms with Gasteiger partial charge in [0.2, 0.25) is 0 Å². The van der Waals surface area contributed by atoms with E-state index in [1.165, 1.54) is 11.1 Å². The Hall–Kier alpha value is -0.530. The fourth-order valence-corrected chi connectivity index (χ4v) is 3.00. The molecule has 15 heavy (non-hydrogen) atoms. The van der Waals surface area contributed by atoms with Gasteiger partial charge in [-0.05, 0) is 36.0 Å². The highest BCUT2D eigenvalue weighted by molar-refractivity contribution is 6.31. The van der Waals surface area contributed by atoms with Crippen LogP contribution in [0.25, 0.3) is 0 Å². The molecular formula is C13H18ClN. The monoisotopic (exact) mass is 223 g/mol. The molecule has 0 heterocycles. The van der Waals surface area contributed by atoms with E-state index in [9.17, 15) is 0 Å². The van der Waals surface area contributed by atoms with E-state index in [0.29, 0.717) is 11.8 Å². The van der Waals surface area contributed by atoms with Crippen LogP contribution in [0.3, 0.4) is 0 Å². The molecule has 1 aliphatic carbocycles. The van der Waals surface area contributed by atoms with Crippen LogP contribution < -0.4 is 5.73 Å². The summed E-state index contributed by atoms with van der Waals surface area (Å²) in [5.74, 6) is 1.05. The predicted octanol–water partition coefficient (Wildman–Crippen LogP) is 3.35. The van der Waals surface area contributed by atoms with Crippen LogP contribution in [0.4, 0.5) is 0 Å². The molecule has 1 aromatic rings. The lowest BCUT2D eigenvalue weighted by atomic mass is 9.74. The number of rotatable bonds is 1. The van der Waals surface area contributed by atoms with E-state index in [0.717, 1.165) is 17.9 Å². The molecule has 0 radical (unpaired) electrons. The van der Waals surface area contributed by atoms with Crippen molar-refractivity contribution in [3.8, 4) is 0 Å². The second-order valence-corrected chi connectivity index (χ2v) is 5.19. The van der Waals surface area contributed by atoms with Crippen molar-refractivity contribution in [3.63, 3.8) is 0 Å². The quantitative estimate of drug-likeness (QED) is 0.777. The Bertz CT molecular complexity index is 360. The number of nitrogens with two attached hydrogens (primary N) is 1. The van der Waals surface area contributed by atoms with Crippen molar-refractivity contribution in [2.24, 2.45) is 11.7 Å². The molecule has 82 valence electrons. The molecule has 0 saturated heterocycles. The lowest BCUT2D eigenvalue weighted by Gasteiger charge is -2.34. The molecule has 0 bridgehead atoms. The average Bonchev–Trinajstić information content (AvgIpc) is 2.17. The first-order chi connectivity index (χ1) is 7.11. The summed E-state index contributed by atoms with van der Waals surface area (Å²) in [7, 11) is 0. The number of hydrogen-bond acceptors (Lipinski definition) is 1. The first kappa shape index (κ1) is 11.0. The summed E-state index contributed by atoms with van der Waals surface area (Å²) in [6, 6.07) is 6.49. The maximum Gasteiger partial charge on any atom is 0.0440 e. The molecule has 2 rings (SSSR count). The Morgan fingerprint density at radius 3 is 2.80 bits per heavy atom. The molecule has 1 aliphatic rings. The van der Waals surface area contributed by atoms with Gasteiger partial charge in [0.05, 0.1) is 0 Å². The lowest BCUT2D eigenvalue weighted by Crippen LogP contribution is -2.36. The fraction of sp³-hybridized carbons (Fsp3) is 0.538. The SMILES string of the molecule is CC(C)C1c2cccc(Cl)c2CCC1N. The summed E-state index contributed by atoms with van der Waals surface area (Å²) in [5, 5.41) is 0.907. The van der Waals surface area contributed by atoms with E-state index in [4.69, 9.17) is 17.3 Å². The van der Waals surface area contributed by atoms with Gasteiger partial charge in [-0.15, -0.1) is 0 Å². The molecule has 2 N–H and O–H groups in total. The minimum atomic E-state index is 0.288. The molecule has 0 aliphatic heterocycles. The molecule has 0 saturated carbocycles. The third kappa shape index (κ3) is 1.91. The largest absolute Gasteiger partial charge is 0.327 e. The highest BCUT2D eigenvalue weighted by atomic mass is 35.5. The van der Waals surface area contributed by atoms with Gasteiger partial charge in [-0.25, -0.2) is 0 Å². The van der Waals surface area contributed by atoms with Crippen LogP contribution in [-0.2, 0) is 6.42 Å². The van der Waals surface area contributed by atoms with Crippen LogP contribution in [0.1, 0.15) is 37.3 Å². The highest BCUT2D eigenvalue weighted by Crippen LogP contribution is 2.38. The Balaban J connectivity index is 2.48. The Morgan fingerprint density at radius 2 is 2.13 bits per heavy atom. The summed E-state index contributed by atoms with van der Waals surface area (Å²) in [6.07, 6.45) is 2.08. The molecule has 0 fully saturated rings. The van der Waals surface area contributed by atoms with Gasteiger partial charge in [0, 0.05) is 17.0 Å². The molecule has 0 amide bonds. The zero-order valence-electron chi connectivity index (χ0n) is 9.33. The van der Waals surface area contributed by atoms with Gasteiger partial charge in [-0.1, -0.05) is 37.6 Å². The molecular weight excluding hydrogens is 206 g/mol. The van der Waals surface area contributed by atoms with Gasteiger partial charge in [-0.2, -0.15) is 0 Å². The van der Waals surface area contributed by atoms with Crippen LogP contribution in [0.15, 0.2) is 18.2 Å². The Kier molecular flexibility index (Phi) is 3.03. The number of benzene rings is 1. The molecule has 2 unspecified atom stereocenters. The maximum absolute atomic E-state index is 6.22. The van der Waals surface area contributed by atoms with Crippen molar-refractivity contribution in [1.29, 1.82) is 0 Å². The van der Waals surface area contributed by atoms with Crippen LogP contribution in [0, 0.1) is 5.92 Å². The van der Waals surface area contributed by atoms with Gasteiger partial charge in [0.15, 0.2) is 0 Å². The number of fused-ring (bicyclic) bond motifs is 1. The summed E-state index contributed by atoms with van der Waals surface area (Å²) in [4.78, 5) is 0. The van der Waals surface area contributed by atoms with Crippen molar-refractivity contribution in [1.82, 2.24) is 0 Å². The molecule has 0 aromatic heterocycles. The van der Waals surface area contributed by atoms with E-state index in [-0.39, 0.29) is 6.04 Å². The maximum atomic E-state index is 6.22. The van der Waals surface area contributed by atoms with Crippen molar-refractivity contribution < 1.29 is 0 Å². The summed E-state index contributed by atoms with van der Waals surface area (Å²) >= 11 is 6.22. The first-order valence-corrected chi connectivity index (χ1v) is 6.02. The van der Waals surface area contributed by atoms with Crippen LogP contribution in [-0.4, -0.2) is 6.04 Å². The van der Waals surface area contributed by atoms with E-state index in [1.54, 1.807) is 0 Å².